The van der Waals surface area contributed by atoms with Crippen LogP contribution in [0.1, 0.15) is 57.7 Å². The molecule has 1 aromatic carbocycles. The summed E-state index contributed by atoms with van der Waals surface area (Å²) in [5.41, 5.74) is 0.826. The quantitative estimate of drug-likeness (QED) is 0.577. The topological polar surface area (TPSA) is 63.1 Å². The first-order valence-electron chi connectivity index (χ1n) is 12.4. The van der Waals surface area contributed by atoms with Gasteiger partial charge in [0, 0.05) is 11.7 Å². The van der Waals surface area contributed by atoms with E-state index in [0.717, 1.165) is 36.4 Å². The van der Waals surface area contributed by atoms with Crippen LogP contribution in [0.2, 0.25) is 0 Å². The fraction of sp³-hybridized carbons (Fsp3) is 0.640. The zero-order chi connectivity index (χ0) is 22.8. The molecule has 2 aliphatic carbocycles. The van der Waals surface area contributed by atoms with E-state index < -0.39 is 0 Å². The molecule has 4 atom stereocenters. The molecular formula is C25H34FN5OS. The smallest absolute Gasteiger partial charge is 0.230 e. The van der Waals surface area contributed by atoms with E-state index in [4.69, 9.17) is 0 Å². The second-order valence-corrected chi connectivity index (χ2v) is 11.0. The van der Waals surface area contributed by atoms with Gasteiger partial charge in [-0.2, -0.15) is 0 Å². The average Bonchev–Trinajstić information content (AvgIpc) is 3.55. The van der Waals surface area contributed by atoms with E-state index >= 15 is 0 Å². The number of piperidine rings is 1. The van der Waals surface area contributed by atoms with Crippen molar-refractivity contribution in [2.75, 3.05) is 18.8 Å². The van der Waals surface area contributed by atoms with E-state index in [1.54, 1.807) is 12.1 Å². The van der Waals surface area contributed by atoms with Crippen molar-refractivity contribution < 1.29 is 9.18 Å². The first-order valence-corrected chi connectivity index (χ1v) is 13.4. The van der Waals surface area contributed by atoms with Gasteiger partial charge in [0.2, 0.25) is 5.91 Å². The molecule has 6 nitrogen and oxygen atoms in total. The maximum atomic E-state index is 13.6. The minimum atomic E-state index is -0.271. The fourth-order valence-electron chi connectivity index (χ4n) is 6.10. The maximum Gasteiger partial charge on any atom is 0.230 e. The number of benzene rings is 1. The number of hydrogen-bond acceptors (Lipinski definition) is 5. The summed E-state index contributed by atoms with van der Waals surface area (Å²) in [4.78, 5) is 15.2. The molecule has 1 aliphatic heterocycles. The largest absolute Gasteiger partial charge is 0.353 e. The molecule has 0 radical (unpaired) electrons. The monoisotopic (exact) mass is 471 g/mol. The minimum absolute atomic E-state index is 0.0431. The van der Waals surface area contributed by atoms with Gasteiger partial charge in [0.15, 0.2) is 11.0 Å². The highest BCUT2D eigenvalue weighted by Crippen LogP contribution is 2.49. The lowest BCUT2D eigenvalue weighted by atomic mass is 9.84. The van der Waals surface area contributed by atoms with Crippen LogP contribution in [0.5, 0.6) is 0 Å². The van der Waals surface area contributed by atoms with Gasteiger partial charge < -0.3 is 5.32 Å². The number of nitrogens with zero attached hydrogens (tertiary/aromatic N) is 4. The summed E-state index contributed by atoms with van der Waals surface area (Å²) in [5, 5.41) is 12.8. The van der Waals surface area contributed by atoms with E-state index in [0.29, 0.717) is 23.4 Å². The molecule has 1 amide bonds. The number of fused-ring (bicyclic) bond motifs is 2. The number of amides is 1. The first-order chi connectivity index (χ1) is 16.1. The van der Waals surface area contributed by atoms with E-state index in [-0.39, 0.29) is 17.8 Å². The third kappa shape index (κ3) is 5.27. The molecular weight excluding hydrogens is 437 g/mol. The third-order valence-electron chi connectivity index (χ3n) is 7.75. The summed E-state index contributed by atoms with van der Waals surface area (Å²) in [5.74, 6) is 3.19. The Labute approximate surface area is 199 Å². The summed E-state index contributed by atoms with van der Waals surface area (Å²) in [7, 11) is 0. The number of aromatic nitrogens is 3. The molecule has 2 bridgehead atoms. The van der Waals surface area contributed by atoms with Crippen molar-refractivity contribution in [3.8, 4) is 5.69 Å². The molecule has 2 aromatic rings. The van der Waals surface area contributed by atoms with Gasteiger partial charge in [-0.25, -0.2) is 4.39 Å². The van der Waals surface area contributed by atoms with Gasteiger partial charge in [-0.1, -0.05) is 24.6 Å². The molecule has 1 aromatic heterocycles. The standard InChI is InChI=1S/C25H34FN5OS/c1-17(22-14-18-5-6-19(22)13-18)27-24(32)16-33-25-29-28-23(15-30-11-3-2-4-12-30)31(25)21-9-7-20(26)8-10-21/h7-10,17-19,22H,2-6,11-16H2,1H3,(H,27,32). The SMILES string of the molecule is CC(NC(=O)CSc1nnc(CN2CCCCC2)n1-c1ccc(F)cc1)C1CC2CCC1C2. The second-order valence-electron chi connectivity index (χ2n) is 10.0. The predicted molar refractivity (Wildman–Crippen MR) is 128 cm³/mol. The van der Waals surface area contributed by atoms with Crippen molar-refractivity contribution in [2.45, 2.75) is 69.6 Å². The van der Waals surface area contributed by atoms with Crippen molar-refractivity contribution >= 4 is 17.7 Å². The lowest BCUT2D eigenvalue weighted by molar-refractivity contribution is -0.119. The highest BCUT2D eigenvalue weighted by atomic mass is 32.2. The Bertz CT molecular complexity index is 958. The number of halogens is 1. The van der Waals surface area contributed by atoms with Crippen molar-refractivity contribution in [3.63, 3.8) is 0 Å². The molecule has 2 saturated carbocycles. The average molecular weight is 472 g/mol. The summed E-state index contributed by atoms with van der Waals surface area (Å²) < 4.78 is 15.5. The van der Waals surface area contributed by atoms with Crippen LogP contribution in [-0.2, 0) is 11.3 Å². The summed E-state index contributed by atoms with van der Waals surface area (Å²) >= 11 is 1.40. The summed E-state index contributed by atoms with van der Waals surface area (Å²) in [6.07, 6.45) is 8.98. The number of nitrogens with one attached hydrogen (secondary N) is 1. The van der Waals surface area contributed by atoms with Crippen LogP contribution in [-0.4, -0.2) is 50.5 Å². The third-order valence-corrected chi connectivity index (χ3v) is 8.68. The number of carbonyl (C=O) groups excluding carboxylic acids is 1. The van der Waals surface area contributed by atoms with Gasteiger partial charge in [-0.3, -0.25) is 14.3 Å². The number of rotatable bonds is 8. The summed E-state index contributed by atoms with van der Waals surface area (Å²) in [6.45, 7) is 4.98. The predicted octanol–water partition coefficient (Wildman–Crippen LogP) is 4.43. The Morgan fingerprint density at radius 1 is 1.15 bits per heavy atom. The van der Waals surface area contributed by atoms with Crippen LogP contribution < -0.4 is 5.32 Å². The Morgan fingerprint density at radius 3 is 2.64 bits per heavy atom. The molecule has 5 rings (SSSR count). The molecule has 4 unspecified atom stereocenters. The van der Waals surface area contributed by atoms with Crippen LogP contribution in [0.15, 0.2) is 29.4 Å². The van der Waals surface area contributed by atoms with Gasteiger partial charge in [0.1, 0.15) is 5.82 Å². The normalized spacial score (nSPS) is 25.9. The molecule has 8 heteroatoms. The number of carbonyl (C=O) groups is 1. The van der Waals surface area contributed by atoms with Crippen LogP contribution in [0.25, 0.3) is 5.69 Å². The zero-order valence-corrected chi connectivity index (χ0v) is 20.2. The van der Waals surface area contributed by atoms with Crippen molar-refractivity contribution in [1.29, 1.82) is 0 Å². The van der Waals surface area contributed by atoms with E-state index in [9.17, 15) is 9.18 Å². The Hall–Kier alpha value is -1.93. The lowest BCUT2D eigenvalue weighted by Crippen LogP contribution is -2.40. The molecule has 3 fully saturated rings. The Kier molecular flexibility index (Phi) is 7.02. The Balaban J connectivity index is 1.25. The molecule has 33 heavy (non-hydrogen) atoms. The molecule has 178 valence electrons. The molecule has 1 N–H and O–H groups in total. The van der Waals surface area contributed by atoms with Gasteiger partial charge in [0.25, 0.3) is 0 Å². The van der Waals surface area contributed by atoms with Crippen molar-refractivity contribution in [3.05, 3.63) is 35.9 Å². The van der Waals surface area contributed by atoms with Crippen LogP contribution >= 0.6 is 11.8 Å². The fourth-order valence-corrected chi connectivity index (χ4v) is 6.88. The molecule has 2 heterocycles. The van der Waals surface area contributed by atoms with Crippen molar-refractivity contribution in [2.24, 2.45) is 17.8 Å². The molecule has 3 aliphatic rings. The van der Waals surface area contributed by atoms with E-state index in [2.05, 4.69) is 27.3 Å². The van der Waals surface area contributed by atoms with Gasteiger partial charge in [-0.15, -0.1) is 10.2 Å². The first kappa shape index (κ1) is 22.8. The van der Waals surface area contributed by atoms with Gasteiger partial charge >= 0.3 is 0 Å². The number of likely N-dealkylation sites (tertiary alicyclic amines) is 1. The summed E-state index contributed by atoms with van der Waals surface area (Å²) in [6, 6.07) is 6.63. The highest BCUT2D eigenvalue weighted by molar-refractivity contribution is 7.99. The molecule has 0 spiro atoms. The molecule has 1 saturated heterocycles. The van der Waals surface area contributed by atoms with E-state index in [1.807, 2.05) is 4.57 Å². The van der Waals surface area contributed by atoms with E-state index in [1.165, 1.54) is 68.8 Å². The van der Waals surface area contributed by atoms with Gasteiger partial charge in [0.05, 0.1) is 12.3 Å². The highest BCUT2D eigenvalue weighted by Gasteiger charge is 2.42. The van der Waals surface area contributed by atoms with Crippen LogP contribution in [0.4, 0.5) is 4.39 Å². The minimum Gasteiger partial charge on any atom is -0.353 e. The van der Waals surface area contributed by atoms with Crippen LogP contribution in [0, 0.1) is 23.6 Å². The van der Waals surface area contributed by atoms with Crippen LogP contribution in [0.3, 0.4) is 0 Å². The number of thioether (sulfide) groups is 1. The lowest BCUT2D eigenvalue weighted by Gasteiger charge is -2.28. The maximum absolute atomic E-state index is 13.6. The van der Waals surface area contributed by atoms with Gasteiger partial charge in [-0.05, 0) is 94.1 Å². The zero-order valence-electron chi connectivity index (χ0n) is 19.4. The second kappa shape index (κ2) is 10.1. The Morgan fingerprint density at radius 2 is 1.94 bits per heavy atom. The number of hydrogen-bond donors (Lipinski definition) is 1. The van der Waals surface area contributed by atoms with Crippen molar-refractivity contribution in [1.82, 2.24) is 25.0 Å².